The number of nitrogens with zero attached hydrogens (tertiary/aromatic N) is 1. The monoisotopic (exact) mass is 187 g/mol. The van der Waals surface area contributed by atoms with E-state index in [-0.39, 0.29) is 11.3 Å². The van der Waals surface area contributed by atoms with Crippen molar-refractivity contribution >= 4 is 5.97 Å². The van der Waals surface area contributed by atoms with E-state index in [9.17, 15) is 10.0 Å². The van der Waals surface area contributed by atoms with Crippen LogP contribution in [0.1, 0.15) is 13.3 Å². The summed E-state index contributed by atoms with van der Waals surface area (Å²) in [7, 11) is 3.11. The van der Waals surface area contributed by atoms with E-state index < -0.39 is 5.97 Å². The summed E-state index contributed by atoms with van der Waals surface area (Å²) in [5.74, 6) is -0.392. The van der Waals surface area contributed by atoms with E-state index in [1.54, 1.807) is 21.0 Å². The minimum Gasteiger partial charge on any atom is -0.633 e. The second-order valence-electron chi connectivity index (χ2n) is 3.57. The largest absolute Gasteiger partial charge is 0.633 e. The van der Waals surface area contributed by atoms with Crippen molar-refractivity contribution in [3.05, 3.63) is 17.4 Å². The van der Waals surface area contributed by atoms with Crippen molar-refractivity contribution in [3.8, 4) is 0 Å². The van der Waals surface area contributed by atoms with E-state index in [0.717, 1.165) is 0 Å². The van der Waals surface area contributed by atoms with Gasteiger partial charge in [-0.1, -0.05) is 6.58 Å². The van der Waals surface area contributed by atoms with Crippen molar-refractivity contribution in [3.63, 3.8) is 0 Å². The average Bonchev–Trinajstić information content (AvgIpc) is 1.95. The molecule has 0 saturated carbocycles. The Labute approximate surface area is 79.0 Å². The molecule has 4 nitrogen and oxygen atoms in total. The van der Waals surface area contributed by atoms with Gasteiger partial charge in [0.05, 0.1) is 27.2 Å². The van der Waals surface area contributed by atoms with Crippen molar-refractivity contribution in [2.45, 2.75) is 13.3 Å². The number of carbonyl (C=O) groups excluding carboxylic acids is 1. The maximum atomic E-state index is 11.1. The van der Waals surface area contributed by atoms with Gasteiger partial charge in [-0.2, -0.15) is 0 Å². The summed E-state index contributed by atoms with van der Waals surface area (Å²) >= 11 is 0. The second kappa shape index (κ2) is 4.99. The third kappa shape index (κ3) is 7.49. The molecule has 0 N–H and O–H groups in total. The molecule has 0 fully saturated rings. The van der Waals surface area contributed by atoms with Crippen LogP contribution in [0.25, 0.3) is 0 Å². The number of ether oxygens (including phenoxy) is 1. The maximum absolute atomic E-state index is 11.1. The lowest BCUT2D eigenvalue weighted by Gasteiger charge is -2.33. The number of rotatable bonds is 5. The standard InChI is InChI=1S/C9H17NO3/c1-8(2)9(11)13-7-5-6-10(3,4)12/h1,5-7H2,2-4H3. The van der Waals surface area contributed by atoms with Gasteiger partial charge in [-0.25, -0.2) is 4.79 Å². The molecule has 0 rings (SSSR count). The molecule has 4 heteroatoms. The number of quaternary nitrogens is 1. The van der Waals surface area contributed by atoms with Crippen LogP contribution in [0.4, 0.5) is 0 Å². The number of hydroxylamine groups is 3. The normalized spacial score (nSPS) is 11.1. The molecule has 76 valence electrons. The van der Waals surface area contributed by atoms with Crippen LogP contribution >= 0.6 is 0 Å². The van der Waals surface area contributed by atoms with Crippen LogP contribution in [0.15, 0.2) is 12.2 Å². The van der Waals surface area contributed by atoms with Crippen LogP contribution in [-0.2, 0) is 9.53 Å². The predicted octanol–water partition coefficient (Wildman–Crippen LogP) is 1.07. The van der Waals surface area contributed by atoms with E-state index in [2.05, 4.69) is 6.58 Å². The first-order chi connectivity index (χ1) is 5.83. The summed E-state index contributed by atoms with van der Waals surface area (Å²) in [6.07, 6.45) is 0.579. The smallest absolute Gasteiger partial charge is 0.333 e. The number of hydrogen-bond donors (Lipinski definition) is 0. The zero-order valence-corrected chi connectivity index (χ0v) is 8.50. The fourth-order valence-corrected chi connectivity index (χ4v) is 0.733. The summed E-state index contributed by atoms with van der Waals surface area (Å²) in [5.41, 5.74) is 0.385. The zero-order chi connectivity index (χ0) is 10.5. The molecule has 0 spiro atoms. The second-order valence-corrected chi connectivity index (χ2v) is 3.57. The van der Waals surface area contributed by atoms with Crippen LogP contribution in [0.5, 0.6) is 0 Å². The summed E-state index contributed by atoms with van der Waals surface area (Å²) in [4.78, 5) is 10.9. The van der Waals surface area contributed by atoms with E-state index >= 15 is 0 Å². The molecular weight excluding hydrogens is 170 g/mol. The van der Waals surface area contributed by atoms with Crippen LogP contribution in [0.3, 0.4) is 0 Å². The molecule has 13 heavy (non-hydrogen) atoms. The van der Waals surface area contributed by atoms with Gasteiger partial charge in [-0.15, -0.1) is 0 Å². The highest BCUT2D eigenvalue weighted by Gasteiger charge is 2.05. The van der Waals surface area contributed by atoms with E-state index in [4.69, 9.17) is 4.74 Å². The van der Waals surface area contributed by atoms with Crippen molar-refractivity contribution in [2.24, 2.45) is 0 Å². The molecule has 0 unspecified atom stereocenters. The van der Waals surface area contributed by atoms with Crippen LogP contribution < -0.4 is 0 Å². The lowest BCUT2D eigenvalue weighted by atomic mass is 10.3. The number of carbonyl (C=O) groups is 1. The Morgan fingerprint density at radius 2 is 2.08 bits per heavy atom. The quantitative estimate of drug-likeness (QED) is 0.213. The molecule has 0 radical (unpaired) electrons. The number of esters is 1. The van der Waals surface area contributed by atoms with Crippen molar-refractivity contribution in [1.29, 1.82) is 0 Å². The fourth-order valence-electron chi connectivity index (χ4n) is 0.733. The highest BCUT2D eigenvalue weighted by molar-refractivity contribution is 5.86. The molecule has 0 aliphatic heterocycles. The van der Waals surface area contributed by atoms with Crippen LogP contribution in [-0.4, -0.2) is 37.9 Å². The minimum absolute atomic E-state index is 0.287. The summed E-state index contributed by atoms with van der Waals surface area (Å²) < 4.78 is 4.45. The summed E-state index contributed by atoms with van der Waals surface area (Å²) in [5, 5.41) is 11.1. The molecular formula is C9H17NO3. The molecule has 0 aromatic carbocycles. The van der Waals surface area contributed by atoms with Gasteiger partial charge in [0, 0.05) is 12.0 Å². The van der Waals surface area contributed by atoms with Gasteiger partial charge in [0.15, 0.2) is 0 Å². The topological polar surface area (TPSA) is 49.4 Å². The summed E-state index contributed by atoms with van der Waals surface area (Å²) in [6.45, 7) is 5.77. The summed E-state index contributed by atoms with van der Waals surface area (Å²) in [6, 6.07) is 0. The highest BCUT2D eigenvalue weighted by atomic mass is 16.5. The molecule has 0 aliphatic rings. The van der Waals surface area contributed by atoms with E-state index in [1.165, 1.54) is 0 Å². The molecule has 0 bridgehead atoms. The van der Waals surface area contributed by atoms with Gasteiger partial charge in [0.1, 0.15) is 0 Å². The van der Waals surface area contributed by atoms with Crippen molar-refractivity contribution in [2.75, 3.05) is 27.2 Å². The third-order valence-electron chi connectivity index (χ3n) is 1.42. The van der Waals surface area contributed by atoms with Crippen LogP contribution in [0.2, 0.25) is 0 Å². The Balaban J connectivity index is 3.47. The Morgan fingerprint density at radius 1 is 1.54 bits per heavy atom. The molecule has 0 atom stereocenters. The molecule has 0 aliphatic carbocycles. The SMILES string of the molecule is C=C(C)C(=O)OCCC[N+](C)(C)[O-]. The van der Waals surface area contributed by atoms with Gasteiger partial charge in [-0.3, -0.25) is 0 Å². The van der Waals surface area contributed by atoms with Crippen molar-refractivity contribution < 1.29 is 14.2 Å². The first-order valence-electron chi connectivity index (χ1n) is 4.19. The predicted molar refractivity (Wildman–Crippen MR) is 50.7 cm³/mol. The Morgan fingerprint density at radius 3 is 2.46 bits per heavy atom. The van der Waals surface area contributed by atoms with E-state index in [1.807, 2.05) is 0 Å². The zero-order valence-electron chi connectivity index (χ0n) is 8.50. The molecule has 0 amide bonds. The maximum Gasteiger partial charge on any atom is 0.333 e. The molecule has 0 aromatic rings. The van der Waals surface area contributed by atoms with Gasteiger partial charge in [0.2, 0.25) is 0 Å². The number of hydrogen-bond acceptors (Lipinski definition) is 3. The molecule has 0 saturated heterocycles. The molecule has 0 heterocycles. The van der Waals surface area contributed by atoms with Gasteiger partial charge in [0.25, 0.3) is 0 Å². The molecule has 0 aromatic heterocycles. The lowest BCUT2D eigenvalue weighted by Crippen LogP contribution is -2.33. The average molecular weight is 187 g/mol. The first-order valence-corrected chi connectivity index (χ1v) is 4.19. The highest BCUT2D eigenvalue weighted by Crippen LogP contribution is 1.97. The Bertz CT molecular complexity index is 194. The Hall–Kier alpha value is -0.870. The Kier molecular flexibility index (Phi) is 4.66. The van der Waals surface area contributed by atoms with E-state index in [0.29, 0.717) is 18.5 Å². The lowest BCUT2D eigenvalue weighted by molar-refractivity contribution is -0.840. The van der Waals surface area contributed by atoms with Crippen molar-refractivity contribution in [1.82, 2.24) is 0 Å². The fraction of sp³-hybridized carbons (Fsp3) is 0.667. The first kappa shape index (κ1) is 12.1. The minimum atomic E-state index is -0.392. The van der Waals surface area contributed by atoms with Gasteiger partial charge < -0.3 is 14.6 Å². The van der Waals surface area contributed by atoms with Gasteiger partial charge >= 0.3 is 5.97 Å². The third-order valence-corrected chi connectivity index (χ3v) is 1.42. The van der Waals surface area contributed by atoms with Crippen LogP contribution in [0, 0.1) is 5.21 Å². The van der Waals surface area contributed by atoms with Gasteiger partial charge in [-0.05, 0) is 6.92 Å².